The van der Waals surface area contributed by atoms with E-state index in [2.05, 4.69) is 30.1 Å². The van der Waals surface area contributed by atoms with Crippen molar-refractivity contribution in [2.75, 3.05) is 19.6 Å². The van der Waals surface area contributed by atoms with Crippen LogP contribution in [0.1, 0.15) is 54.3 Å². The molecule has 0 unspecified atom stereocenters. The summed E-state index contributed by atoms with van der Waals surface area (Å²) in [5.74, 6) is 0. The summed E-state index contributed by atoms with van der Waals surface area (Å²) >= 11 is 1.96. The highest BCUT2D eigenvalue weighted by Gasteiger charge is 2.12. The van der Waals surface area contributed by atoms with Crippen molar-refractivity contribution >= 4 is 11.3 Å². The van der Waals surface area contributed by atoms with Crippen molar-refractivity contribution in [1.29, 1.82) is 0 Å². The Morgan fingerprint density at radius 2 is 1.84 bits per heavy atom. The quantitative estimate of drug-likeness (QED) is 0.879. The van der Waals surface area contributed by atoms with Crippen LogP contribution >= 0.6 is 11.3 Å². The van der Waals surface area contributed by atoms with Crippen LogP contribution in [-0.4, -0.2) is 24.5 Å². The van der Waals surface area contributed by atoms with Crippen molar-refractivity contribution in [2.24, 2.45) is 0 Å². The van der Waals surface area contributed by atoms with E-state index in [0.717, 1.165) is 19.6 Å². The molecule has 3 heteroatoms. The van der Waals surface area contributed by atoms with E-state index >= 15 is 0 Å². The lowest BCUT2D eigenvalue weighted by molar-refractivity contribution is 0.239. The van der Waals surface area contributed by atoms with Gasteiger partial charge in [-0.05, 0) is 51.0 Å². The summed E-state index contributed by atoms with van der Waals surface area (Å²) in [5, 5.41) is 3.42. The Hall–Kier alpha value is -0.380. The van der Waals surface area contributed by atoms with Gasteiger partial charge in [0.05, 0.1) is 0 Å². The largest absolute Gasteiger partial charge is 0.312 e. The number of nitrogens with one attached hydrogen (secondary N) is 1. The van der Waals surface area contributed by atoms with Gasteiger partial charge in [-0.3, -0.25) is 4.90 Å². The molecule has 108 valence electrons. The molecule has 1 aromatic heterocycles. The Labute approximate surface area is 122 Å². The second-order valence-electron chi connectivity index (χ2n) is 5.62. The van der Waals surface area contributed by atoms with E-state index < -0.39 is 0 Å². The summed E-state index contributed by atoms with van der Waals surface area (Å²) in [4.78, 5) is 5.65. The van der Waals surface area contributed by atoms with Crippen LogP contribution in [0.4, 0.5) is 0 Å². The molecule has 1 fully saturated rings. The second-order valence-corrected chi connectivity index (χ2v) is 6.96. The van der Waals surface area contributed by atoms with Gasteiger partial charge >= 0.3 is 0 Å². The minimum absolute atomic E-state index is 1.03. The van der Waals surface area contributed by atoms with E-state index in [9.17, 15) is 0 Å². The first-order valence-electron chi connectivity index (χ1n) is 7.81. The van der Waals surface area contributed by atoms with Gasteiger partial charge in [-0.1, -0.05) is 26.2 Å². The van der Waals surface area contributed by atoms with Gasteiger partial charge in [0.1, 0.15) is 0 Å². The number of nitrogens with zero attached hydrogens (tertiary/aromatic N) is 1. The molecule has 0 bridgehead atoms. The van der Waals surface area contributed by atoms with Crippen molar-refractivity contribution in [3.63, 3.8) is 0 Å². The van der Waals surface area contributed by atoms with Crippen LogP contribution in [0, 0.1) is 6.92 Å². The fourth-order valence-corrected chi connectivity index (χ4v) is 3.82. The zero-order valence-electron chi connectivity index (χ0n) is 12.5. The molecule has 0 radical (unpaired) electrons. The lowest BCUT2D eigenvalue weighted by atomic mass is 10.1. The van der Waals surface area contributed by atoms with Crippen molar-refractivity contribution < 1.29 is 0 Å². The van der Waals surface area contributed by atoms with Crippen LogP contribution in [0.2, 0.25) is 0 Å². The molecule has 0 aromatic carbocycles. The van der Waals surface area contributed by atoms with E-state index in [0.29, 0.717) is 0 Å². The molecule has 0 aliphatic carbocycles. The molecule has 1 N–H and O–H groups in total. The summed E-state index contributed by atoms with van der Waals surface area (Å²) in [7, 11) is 0. The zero-order chi connectivity index (χ0) is 13.5. The Balaban J connectivity index is 1.91. The molecule has 1 aromatic rings. The van der Waals surface area contributed by atoms with Crippen LogP contribution < -0.4 is 5.32 Å². The molecular formula is C16H28N2S. The first-order chi connectivity index (χ1) is 9.29. The van der Waals surface area contributed by atoms with Gasteiger partial charge in [0.25, 0.3) is 0 Å². The van der Waals surface area contributed by atoms with Crippen LogP contribution in [0.15, 0.2) is 6.07 Å². The highest BCUT2D eigenvalue weighted by Crippen LogP contribution is 2.24. The van der Waals surface area contributed by atoms with E-state index in [4.69, 9.17) is 0 Å². The third-order valence-corrected chi connectivity index (χ3v) is 5.06. The topological polar surface area (TPSA) is 15.3 Å². The molecule has 2 nitrogen and oxygen atoms in total. The van der Waals surface area contributed by atoms with Crippen molar-refractivity contribution in [2.45, 2.75) is 59.0 Å². The number of aryl methyl sites for hydroxylation is 1. The molecule has 0 amide bonds. The molecule has 0 atom stereocenters. The molecule has 1 saturated heterocycles. The smallest absolute Gasteiger partial charge is 0.0299 e. The summed E-state index contributed by atoms with van der Waals surface area (Å²) < 4.78 is 0. The Bertz CT molecular complexity index is 365. The highest BCUT2D eigenvalue weighted by atomic mass is 32.1. The van der Waals surface area contributed by atoms with Gasteiger partial charge < -0.3 is 5.32 Å². The molecule has 1 aliphatic rings. The molecular weight excluding hydrogens is 252 g/mol. The lowest BCUT2D eigenvalue weighted by Gasteiger charge is -2.24. The van der Waals surface area contributed by atoms with Gasteiger partial charge in [-0.15, -0.1) is 11.3 Å². The normalized spacial score (nSPS) is 18.2. The maximum atomic E-state index is 3.42. The van der Waals surface area contributed by atoms with E-state index in [1.165, 1.54) is 54.9 Å². The van der Waals surface area contributed by atoms with Gasteiger partial charge in [-0.25, -0.2) is 0 Å². The predicted molar refractivity (Wildman–Crippen MR) is 84.8 cm³/mol. The van der Waals surface area contributed by atoms with Gasteiger partial charge in [0.15, 0.2) is 0 Å². The fraction of sp³-hybridized carbons (Fsp3) is 0.750. The van der Waals surface area contributed by atoms with E-state index in [-0.39, 0.29) is 0 Å². The minimum atomic E-state index is 1.03. The number of hydrogen-bond donors (Lipinski definition) is 1. The SMILES string of the molecule is CCNCc1cc(CN2CCCCCCC2)c(C)s1. The average molecular weight is 280 g/mol. The van der Waals surface area contributed by atoms with E-state index in [1.54, 1.807) is 5.56 Å². The molecule has 0 spiro atoms. The van der Waals surface area contributed by atoms with Crippen molar-refractivity contribution in [3.8, 4) is 0 Å². The van der Waals surface area contributed by atoms with Crippen LogP contribution in [-0.2, 0) is 13.1 Å². The summed E-state index contributed by atoms with van der Waals surface area (Å²) in [6.45, 7) is 10.3. The van der Waals surface area contributed by atoms with Crippen molar-refractivity contribution in [1.82, 2.24) is 10.2 Å². The Morgan fingerprint density at radius 1 is 1.16 bits per heavy atom. The number of hydrogen-bond acceptors (Lipinski definition) is 3. The molecule has 2 heterocycles. The molecule has 0 saturated carbocycles. The molecule has 1 aliphatic heterocycles. The van der Waals surface area contributed by atoms with Crippen LogP contribution in [0.5, 0.6) is 0 Å². The number of rotatable bonds is 5. The lowest BCUT2D eigenvalue weighted by Crippen LogP contribution is -2.26. The zero-order valence-corrected chi connectivity index (χ0v) is 13.3. The predicted octanol–water partition coefficient (Wildman–Crippen LogP) is 3.93. The standard InChI is InChI=1S/C16H28N2S/c1-3-17-12-16-11-15(14(2)19-16)13-18-9-7-5-4-6-8-10-18/h11,17H,3-10,12-13H2,1-2H3. The highest BCUT2D eigenvalue weighted by molar-refractivity contribution is 7.12. The maximum absolute atomic E-state index is 3.42. The molecule has 2 rings (SSSR count). The third-order valence-electron chi connectivity index (χ3n) is 3.96. The maximum Gasteiger partial charge on any atom is 0.0299 e. The van der Waals surface area contributed by atoms with Gasteiger partial charge in [-0.2, -0.15) is 0 Å². The van der Waals surface area contributed by atoms with Crippen LogP contribution in [0.3, 0.4) is 0 Å². The Morgan fingerprint density at radius 3 is 2.53 bits per heavy atom. The Kier molecular flexibility index (Phi) is 6.35. The van der Waals surface area contributed by atoms with E-state index in [1.807, 2.05) is 11.3 Å². The number of likely N-dealkylation sites (tertiary alicyclic amines) is 1. The van der Waals surface area contributed by atoms with Gasteiger partial charge in [0.2, 0.25) is 0 Å². The van der Waals surface area contributed by atoms with Crippen molar-refractivity contribution in [3.05, 3.63) is 21.4 Å². The number of thiophene rings is 1. The third kappa shape index (κ3) is 4.90. The fourth-order valence-electron chi connectivity index (χ4n) is 2.79. The molecule has 19 heavy (non-hydrogen) atoms. The summed E-state index contributed by atoms with van der Waals surface area (Å²) in [6.07, 6.45) is 7.05. The second kappa shape index (κ2) is 8.03. The average Bonchev–Trinajstić information content (AvgIpc) is 2.71. The van der Waals surface area contributed by atoms with Crippen LogP contribution in [0.25, 0.3) is 0 Å². The summed E-state index contributed by atoms with van der Waals surface area (Å²) in [6, 6.07) is 2.42. The van der Waals surface area contributed by atoms with Gasteiger partial charge in [0, 0.05) is 22.8 Å². The summed E-state index contributed by atoms with van der Waals surface area (Å²) in [5.41, 5.74) is 1.55. The first-order valence-corrected chi connectivity index (χ1v) is 8.62. The minimum Gasteiger partial charge on any atom is -0.312 e. The first kappa shape index (κ1) is 15.0. The monoisotopic (exact) mass is 280 g/mol.